The van der Waals surface area contributed by atoms with E-state index in [0.29, 0.717) is 6.10 Å². The highest BCUT2D eigenvalue weighted by Gasteiger charge is 2.16. The van der Waals surface area contributed by atoms with Crippen molar-refractivity contribution in [1.29, 1.82) is 0 Å². The average molecular weight is 156 g/mol. The third kappa shape index (κ3) is 2.22. The summed E-state index contributed by atoms with van der Waals surface area (Å²) in [4.78, 5) is 0. The van der Waals surface area contributed by atoms with Crippen LogP contribution in [0.3, 0.4) is 0 Å². The van der Waals surface area contributed by atoms with Gasteiger partial charge in [0.15, 0.2) is 0 Å². The topological polar surface area (TPSA) is 18.5 Å². The fraction of sp³-hybridized carbons (Fsp3) is 0.778. The lowest BCUT2D eigenvalue weighted by atomic mass is 10.1. The number of ether oxygens (including phenoxy) is 2. The van der Waals surface area contributed by atoms with E-state index in [-0.39, 0.29) is 0 Å². The lowest BCUT2D eigenvalue weighted by Crippen LogP contribution is -2.23. The monoisotopic (exact) mass is 156 g/mol. The predicted octanol–water partition coefficient (Wildman–Crippen LogP) is 2.11. The molecule has 0 aliphatic carbocycles. The fourth-order valence-corrected chi connectivity index (χ4v) is 1.22. The van der Waals surface area contributed by atoms with E-state index >= 15 is 0 Å². The molecule has 0 aromatic heterocycles. The molecule has 0 amide bonds. The van der Waals surface area contributed by atoms with Crippen molar-refractivity contribution >= 4 is 0 Å². The molecule has 1 unspecified atom stereocenters. The summed E-state index contributed by atoms with van der Waals surface area (Å²) >= 11 is 0. The summed E-state index contributed by atoms with van der Waals surface area (Å²) in [5.74, 6) is 1.15. The zero-order valence-corrected chi connectivity index (χ0v) is 7.52. The van der Waals surface area contributed by atoms with Crippen molar-refractivity contribution in [2.75, 3.05) is 13.7 Å². The summed E-state index contributed by atoms with van der Waals surface area (Å²) in [7, 11) is 1.74. The molecule has 1 saturated heterocycles. The third-order valence-electron chi connectivity index (χ3n) is 2.03. The van der Waals surface area contributed by atoms with Crippen LogP contribution in [0.25, 0.3) is 0 Å². The van der Waals surface area contributed by atoms with E-state index in [1.54, 1.807) is 7.11 Å². The van der Waals surface area contributed by atoms with Gasteiger partial charge >= 0.3 is 0 Å². The Hall–Kier alpha value is -0.500. The zero-order valence-electron chi connectivity index (χ0n) is 7.52. The van der Waals surface area contributed by atoms with Gasteiger partial charge in [-0.2, -0.15) is 0 Å². The lowest BCUT2D eigenvalue weighted by Gasteiger charge is -2.24. The van der Waals surface area contributed by atoms with Crippen molar-refractivity contribution in [3.63, 3.8) is 0 Å². The summed E-state index contributed by atoms with van der Waals surface area (Å²) in [6.07, 6.45) is 2.43. The van der Waals surface area contributed by atoms with E-state index in [0.717, 1.165) is 25.2 Å². The van der Waals surface area contributed by atoms with Crippen LogP contribution in [0, 0.1) is 0 Å². The van der Waals surface area contributed by atoms with E-state index in [2.05, 4.69) is 13.8 Å². The first-order chi connectivity index (χ1) is 5.24. The highest BCUT2D eigenvalue weighted by Crippen LogP contribution is 2.21. The van der Waals surface area contributed by atoms with Gasteiger partial charge in [-0.15, -0.1) is 0 Å². The van der Waals surface area contributed by atoms with Gasteiger partial charge < -0.3 is 9.47 Å². The Morgan fingerprint density at radius 1 is 1.55 bits per heavy atom. The molecule has 1 aliphatic heterocycles. The molecule has 1 rings (SSSR count). The van der Waals surface area contributed by atoms with Crippen molar-refractivity contribution in [3.8, 4) is 0 Å². The Labute approximate surface area is 68.2 Å². The van der Waals surface area contributed by atoms with Crippen molar-refractivity contribution in [2.45, 2.75) is 32.8 Å². The molecule has 1 fully saturated rings. The molecule has 0 aromatic rings. The first-order valence-corrected chi connectivity index (χ1v) is 4.06. The van der Waals surface area contributed by atoms with Crippen LogP contribution < -0.4 is 0 Å². The average Bonchev–Trinajstić information content (AvgIpc) is 2.05. The van der Waals surface area contributed by atoms with Crippen molar-refractivity contribution in [3.05, 3.63) is 11.3 Å². The second-order valence-electron chi connectivity index (χ2n) is 3.13. The third-order valence-corrected chi connectivity index (χ3v) is 2.03. The Bertz CT molecular complexity index is 147. The second-order valence-corrected chi connectivity index (χ2v) is 3.13. The summed E-state index contributed by atoms with van der Waals surface area (Å²) in [6, 6.07) is 0. The van der Waals surface area contributed by atoms with Crippen LogP contribution in [0.2, 0.25) is 0 Å². The molecule has 0 saturated carbocycles. The van der Waals surface area contributed by atoms with Crippen LogP contribution in [0.15, 0.2) is 11.3 Å². The van der Waals surface area contributed by atoms with Crippen molar-refractivity contribution < 1.29 is 9.47 Å². The van der Waals surface area contributed by atoms with E-state index in [4.69, 9.17) is 9.47 Å². The second kappa shape index (κ2) is 3.77. The smallest absolute Gasteiger partial charge is 0.114 e. The molecular weight excluding hydrogens is 140 g/mol. The fourth-order valence-electron chi connectivity index (χ4n) is 1.22. The maximum atomic E-state index is 5.50. The molecule has 2 heteroatoms. The molecule has 1 atom stereocenters. The number of rotatable bonds is 1. The zero-order chi connectivity index (χ0) is 8.27. The molecule has 0 bridgehead atoms. The minimum atomic E-state index is 0.304. The predicted molar refractivity (Wildman–Crippen MR) is 44.4 cm³/mol. The van der Waals surface area contributed by atoms with Crippen LogP contribution in [0.5, 0.6) is 0 Å². The van der Waals surface area contributed by atoms with E-state index in [1.807, 2.05) is 0 Å². The maximum absolute atomic E-state index is 5.50. The summed E-state index contributed by atoms with van der Waals surface area (Å²) in [5.41, 5.74) is 1.29. The molecule has 0 N–H and O–H groups in total. The molecule has 1 aliphatic rings. The van der Waals surface area contributed by atoms with Gasteiger partial charge in [0.25, 0.3) is 0 Å². The molecule has 11 heavy (non-hydrogen) atoms. The first-order valence-electron chi connectivity index (χ1n) is 4.06. The Morgan fingerprint density at radius 3 is 2.64 bits per heavy atom. The number of hydrogen-bond donors (Lipinski definition) is 0. The molecule has 1 heterocycles. The van der Waals surface area contributed by atoms with E-state index in [1.165, 1.54) is 5.57 Å². The largest absolute Gasteiger partial charge is 0.495 e. The highest BCUT2D eigenvalue weighted by atomic mass is 16.5. The Morgan fingerprint density at radius 2 is 2.27 bits per heavy atom. The van der Waals surface area contributed by atoms with Crippen LogP contribution in [0.4, 0.5) is 0 Å². The van der Waals surface area contributed by atoms with Crippen LogP contribution in [-0.2, 0) is 9.47 Å². The number of hydrogen-bond acceptors (Lipinski definition) is 2. The quantitative estimate of drug-likeness (QED) is 0.579. The minimum Gasteiger partial charge on any atom is -0.495 e. The summed E-state index contributed by atoms with van der Waals surface area (Å²) < 4.78 is 10.7. The molecule has 0 spiro atoms. The van der Waals surface area contributed by atoms with E-state index in [9.17, 15) is 0 Å². The van der Waals surface area contributed by atoms with Gasteiger partial charge in [-0.3, -0.25) is 0 Å². The minimum absolute atomic E-state index is 0.304. The molecule has 64 valence electrons. The number of allylic oxidation sites excluding steroid dienone is 2. The SMILES string of the molecule is COC1CCC(=C(C)C)OC1. The molecule has 0 radical (unpaired) electrons. The molecular formula is C9H16O2. The van der Waals surface area contributed by atoms with Crippen molar-refractivity contribution in [1.82, 2.24) is 0 Å². The van der Waals surface area contributed by atoms with Gasteiger partial charge in [0.1, 0.15) is 6.61 Å². The van der Waals surface area contributed by atoms with Crippen LogP contribution in [0.1, 0.15) is 26.7 Å². The van der Waals surface area contributed by atoms with Gasteiger partial charge in [-0.05, 0) is 25.8 Å². The van der Waals surface area contributed by atoms with Crippen LogP contribution in [-0.4, -0.2) is 19.8 Å². The van der Waals surface area contributed by atoms with Gasteiger partial charge in [0, 0.05) is 13.5 Å². The van der Waals surface area contributed by atoms with Gasteiger partial charge in [-0.1, -0.05) is 0 Å². The van der Waals surface area contributed by atoms with E-state index < -0.39 is 0 Å². The lowest BCUT2D eigenvalue weighted by molar-refractivity contribution is 0.000272. The Balaban J connectivity index is 2.42. The van der Waals surface area contributed by atoms with Gasteiger partial charge in [0.2, 0.25) is 0 Å². The number of methoxy groups -OCH3 is 1. The Kier molecular flexibility index (Phi) is 2.94. The summed E-state index contributed by atoms with van der Waals surface area (Å²) in [5, 5.41) is 0. The first kappa shape index (κ1) is 8.60. The van der Waals surface area contributed by atoms with Crippen molar-refractivity contribution in [2.24, 2.45) is 0 Å². The highest BCUT2D eigenvalue weighted by molar-refractivity contribution is 5.04. The molecule has 0 aromatic carbocycles. The van der Waals surface area contributed by atoms with Gasteiger partial charge in [-0.25, -0.2) is 0 Å². The van der Waals surface area contributed by atoms with Gasteiger partial charge in [0.05, 0.1) is 11.9 Å². The molecule has 2 nitrogen and oxygen atoms in total. The maximum Gasteiger partial charge on any atom is 0.114 e. The standard InChI is InChI=1S/C9H16O2/c1-7(2)9-5-4-8(10-3)6-11-9/h8H,4-6H2,1-3H3. The normalized spacial score (nSPS) is 24.6. The van der Waals surface area contributed by atoms with Crippen LogP contribution >= 0.6 is 0 Å². The summed E-state index contributed by atoms with van der Waals surface area (Å²) in [6.45, 7) is 4.89.